The summed E-state index contributed by atoms with van der Waals surface area (Å²) in [6, 6.07) is 13.3. The first kappa shape index (κ1) is 20.8. The van der Waals surface area contributed by atoms with E-state index in [1.807, 2.05) is 26.0 Å². The van der Waals surface area contributed by atoms with Gasteiger partial charge in [0.05, 0.1) is 17.1 Å². The molecule has 0 unspecified atom stereocenters. The highest BCUT2D eigenvalue weighted by Crippen LogP contribution is 2.22. The summed E-state index contributed by atoms with van der Waals surface area (Å²) in [6.45, 7) is 4.60. The summed E-state index contributed by atoms with van der Waals surface area (Å²) in [5.74, 6) is -0.337. The Morgan fingerprint density at radius 3 is 2.43 bits per heavy atom. The first-order chi connectivity index (χ1) is 13.3. The Balaban J connectivity index is 1.73. The van der Waals surface area contributed by atoms with E-state index in [2.05, 4.69) is 5.32 Å². The number of nitrogens with zero attached hydrogens (tertiary/aromatic N) is 1. The van der Waals surface area contributed by atoms with Crippen molar-refractivity contribution in [3.8, 4) is 0 Å². The summed E-state index contributed by atoms with van der Waals surface area (Å²) in [7, 11) is -3.70. The predicted molar refractivity (Wildman–Crippen MR) is 108 cm³/mol. The maximum Gasteiger partial charge on any atom is 0.251 e. The number of hydrogen-bond acceptors (Lipinski definition) is 4. The van der Waals surface area contributed by atoms with Crippen LogP contribution in [-0.4, -0.2) is 43.9 Å². The summed E-state index contributed by atoms with van der Waals surface area (Å²) >= 11 is 5.86. The molecular formula is C20H23ClN2O4S. The molecule has 0 spiro atoms. The molecule has 2 aromatic rings. The molecule has 1 amide bonds. The smallest absolute Gasteiger partial charge is 0.251 e. The number of carbonyl (C=O) groups is 1. The second-order valence-electron chi connectivity index (χ2n) is 6.92. The molecule has 0 radical (unpaired) electrons. The van der Waals surface area contributed by atoms with E-state index in [0.29, 0.717) is 30.2 Å². The minimum absolute atomic E-state index is 0.105. The normalized spacial score (nSPS) is 20.7. The van der Waals surface area contributed by atoms with Crippen LogP contribution in [0.15, 0.2) is 53.4 Å². The molecule has 1 N–H and O–H groups in total. The zero-order valence-corrected chi connectivity index (χ0v) is 17.3. The van der Waals surface area contributed by atoms with Gasteiger partial charge in [-0.25, -0.2) is 8.42 Å². The third-order valence-corrected chi connectivity index (χ3v) is 6.57. The average molecular weight is 423 g/mol. The molecule has 6 nitrogen and oxygen atoms in total. The molecule has 1 fully saturated rings. The van der Waals surface area contributed by atoms with E-state index in [4.69, 9.17) is 16.3 Å². The Morgan fingerprint density at radius 1 is 1.14 bits per heavy atom. The van der Waals surface area contributed by atoms with Gasteiger partial charge >= 0.3 is 0 Å². The van der Waals surface area contributed by atoms with E-state index in [0.717, 1.165) is 5.56 Å². The predicted octanol–water partition coefficient (Wildman–Crippen LogP) is 3.07. The lowest BCUT2D eigenvalue weighted by Gasteiger charge is -2.34. The van der Waals surface area contributed by atoms with Crippen molar-refractivity contribution < 1.29 is 17.9 Å². The number of rotatable bonds is 5. The molecule has 0 aliphatic carbocycles. The first-order valence-corrected chi connectivity index (χ1v) is 10.9. The maximum atomic E-state index is 13.0. The van der Waals surface area contributed by atoms with Crippen LogP contribution in [0.25, 0.3) is 0 Å². The fraction of sp³-hybridized carbons (Fsp3) is 0.350. The average Bonchev–Trinajstić information content (AvgIpc) is 2.66. The molecule has 0 saturated carbocycles. The van der Waals surface area contributed by atoms with Gasteiger partial charge in [0.1, 0.15) is 0 Å². The maximum absolute atomic E-state index is 13.0. The summed E-state index contributed by atoms with van der Waals surface area (Å²) in [5.41, 5.74) is 1.20. The van der Waals surface area contributed by atoms with E-state index in [1.54, 1.807) is 24.3 Å². The van der Waals surface area contributed by atoms with E-state index < -0.39 is 10.0 Å². The van der Waals surface area contributed by atoms with Crippen molar-refractivity contribution in [2.75, 3.05) is 13.1 Å². The molecule has 8 heteroatoms. The van der Waals surface area contributed by atoms with Crippen LogP contribution in [0.5, 0.6) is 0 Å². The van der Waals surface area contributed by atoms with Gasteiger partial charge < -0.3 is 10.1 Å². The summed E-state index contributed by atoms with van der Waals surface area (Å²) in [4.78, 5) is 12.6. The van der Waals surface area contributed by atoms with Crippen LogP contribution in [0.1, 0.15) is 29.8 Å². The Hall–Kier alpha value is -1.93. The SMILES string of the molecule is C[C@@H]1CN(S(=O)(=O)c2cccc(C(=O)NCc3ccc(Cl)cc3)c2)C[C@@H](C)O1. The fourth-order valence-electron chi connectivity index (χ4n) is 3.16. The van der Waals surface area contributed by atoms with E-state index in [9.17, 15) is 13.2 Å². The molecule has 2 aromatic carbocycles. The van der Waals surface area contributed by atoms with Gasteiger partial charge in [0, 0.05) is 30.2 Å². The van der Waals surface area contributed by atoms with Crippen LogP contribution in [0, 0.1) is 0 Å². The number of morpholine rings is 1. The molecule has 0 bridgehead atoms. The van der Waals surface area contributed by atoms with Crippen molar-refractivity contribution in [1.82, 2.24) is 9.62 Å². The molecule has 1 aliphatic rings. The molecule has 1 aliphatic heterocycles. The standard InChI is InChI=1S/C20H23ClN2O4S/c1-14-12-23(13-15(2)27-14)28(25,26)19-5-3-4-17(10-19)20(24)22-11-16-6-8-18(21)9-7-16/h3-10,14-15H,11-13H2,1-2H3,(H,22,24)/t14-,15-/m1/s1. The minimum Gasteiger partial charge on any atom is -0.373 e. The van der Waals surface area contributed by atoms with Crippen molar-refractivity contribution in [2.45, 2.75) is 37.5 Å². The zero-order valence-electron chi connectivity index (χ0n) is 15.8. The zero-order chi connectivity index (χ0) is 20.3. The third kappa shape index (κ3) is 4.91. The molecule has 2 atom stereocenters. The van der Waals surface area contributed by atoms with Crippen LogP contribution in [-0.2, 0) is 21.3 Å². The van der Waals surface area contributed by atoms with Crippen LogP contribution in [0.4, 0.5) is 0 Å². The van der Waals surface area contributed by atoms with Crippen molar-refractivity contribution in [3.63, 3.8) is 0 Å². The number of ether oxygens (including phenoxy) is 1. The Bertz CT molecular complexity index is 937. The second kappa shape index (κ2) is 8.61. The largest absolute Gasteiger partial charge is 0.373 e. The highest BCUT2D eigenvalue weighted by molar-refractivity contribution is 7.89. The van der Waals surface area contributed by atoms with Gasteiger partial charge in [-0.1, -0.05) is 29.8 Å². The van der Waals surface area contributed by atoms with Gasteiger partial charge in [-0.2, -0.15) is 4.31 Å². The van der Waals surface area contributed by atoms with E-state index >= 15 is 0 Å². The Morgan fingerprint density at radius 2 is 1.79 bits per heavy atom. The summed E-state index contributed by atoms with van der Waals surface area (Å²) in [6.07, 6.45) is -0.353. The minimum atomic E-state index is -3.70. The summed E-state index contributed by atoms with van der Waals surface area (Å²) in [5, 5.41) is 3.42. The Kier molecular flexibility index (Phi) is 6.40. The number of nitrogens with one attached hydrogen (secondary N) is 1. The van der Waals surface area contributed by atoms with Gasteiger partial charge in [-0.3, -0.25) is 4.79 Å². The molecular weight excluding hydrogens is 400 g/mol. The van der Waals surface area contributed by atoms with E-state index in [-0.39, 0.29) is 23.0 Å². The number of halogens is 1. The van der Waals surface area contributed by atoms with Crippen LogP contribution in [0.2, 0.25) is 5.02 Å². The third-order valence-electron chi connectivity index (χ3n) is 4.49. The monoisotopic (exact) mass is 422 g/mol. The van der Waals surface area contributed by atoms with E-state index in [1.165, 1.54) is 16.4 Å². The van der Waals surface area contributed by atoms with Gasteiger partial charge in [0.2, 0.25) is 10.0 Å². The second-order valence-corrected chi connectivity index (χ2v) is 9.29. The molecule has 3 rings (SSSR count). The lowest BCUT2D eigenvalue weighted by molar-refractivity contribution is -0.0440. The number of sulfonamides is 1. The van der Waals surface area contributed by atoms with Crippen molar-refractivity contribution in [1.29, 1.82) is 0 Å². The van der Waals surface area contributed by atoms with Gasteiger partial charge in [0.25, 0.3) is 5.91 Å². The van der Waals surface area contributed by atoms with Crippen molar-refractivity contribution >= 4 is 27.5 Å². The number of benzene rings is 2. The summed E-state index contributed by atoms with van der Waals surface area (Å²) < 4.78 is 33.0. The highest BCUT2D eigenvalue weighted by Gasteiger charge is 2.32. The lowest BCUT2D eigenvalue weighted by Crippen LogP contribution is -2.48. The topological polar surface area (TPSA) is 75.7 Å². The highest BCUT2D eigenvalue weighted by atomic mass is 35.5. The number of amides is 1. The first-order valence-electron chi connectivity index (χ1n) is 9.04. The lowest BCUT2D eigenvalue weighted by atomic mass is 10.2. The van der Waals surface area contributed by atoms with Crippen LogP contribution in [0.3, 0.4) is 0 Å². The van der Waals surface area contributed by atoms with Crippen LogP contribution < -0.4 is 5.32 Å². The van der Waals surface area contributed by atoms with Crippen LogP contribution >= 0.6 is 11.6 Å². The quantitative estimate of drug-likeness (QED) is 0.803. The number of carbonyl (C=O) groups excluding carboxylic acids is 1. The Labute approximate surface area is 170 Å². The van der Waals surface area contributed by atoms with Crippen molar-refractivity contribution in [3.05, 3.63) is 64.7 Å². The van der Waals surface area contributed by atoms with Gasteiger partial charge in [-0.05, 0) is 49.7 Å². The molecule has 0 aromatic heterocycles. The molecule has 1 saturated heterocycles. The number of hydrogen-bond donors (Lipinski definition) is 1. The van der Waals surface area contributed by atoms with Gasteiger partial charge in [-0.15, -0.1) is 0 Å². The molecule has 150 valence electrons. The van der Waals surface area contributed by atoms with Gasteiger partial charge in [0.15, 0.2) is 0 Å². The fourth-order valence-corrected chi connectivity index (χ4v) is 4.92. The molecule has 28 heavy (non-hydrogen) atoms. The molecule has 1 heterocycles. The van der Waals surface area contributed by atoms with Crippen molar-refractivity contribution in [2.24, 2.45) is 0 Å².